The Bertz CT molecular complexity index is 1730. The van der Waals surface area contributed by atoms with Gasteiger partial charge in [-0.2, -0.15) is 0 Å². The first-order valence-corrected chi connectivity index (χ1v) is 16.4. The van der Waals surface area contributed by atoms with E-state index in [1.807, 2.05) is 26.0 Å². The van der Waals surface area contributed by atoms with Gasteiger partial charge in [0.05, 0.1) is 5.56 Å². The first-order valence-electron chi connectivity index (χ1n) is 13.3. The second kappa shape index (κ2) is 11.1. The normalized spacial score (nSPS) is 12.7. The van der Waals surface area contributed by atoms with Crippen LogP contribution in [0.5, 0.6) is 11.5 Å². The van der Waals surface area contributed by atoms with Gasteiger partial charge < -0.3 is 14.7 Å². The monoisotopic (exact) mass is 563 g/mol. The number of hydrogen-bond acceptors (Lipinski definition) is 2. The molecule has 2 aromatic heterocycles. The summed E-state index contributed by atoms with van der Waals surface area (Å²) >= 11 is 0. The van der Waals surface area contributed by atoms with Gasteiger partial charge in [-0.3, -0.25) is 0 Å². The van der Waals surface area contributed by atoms with E-state index in [1.165, 1.54) is 24.3 Å². The summed E-state index contributed by atoms with van der Waals surface area (Å²) in [4.78, 5) is 10.6. The van der Waals surface area contributed by atoms with Crippen LogP contribution >= 0.6 is 6.89 Å². The zero-order chi connectivity index (χ0) is 28.6. The molecule has 208 valence electrons. The lowest BCUT2D eigenvalue weighted by Gasteiger charge is -2.18. The molecule has 0 aliphatic rings. The number of imidazole rings is 1. The van der Waals surface area contributed by atoms with Crippen LogP contribution in [0.1, 0.15) is 48.6 Å². The van der Waals surface area contributed by atoms with Crippen LogP contribution in [-0.4, -0.2) is 34.6 Å². The van der Waals surface area contributed by atoms with Gasteiger partial charge in [-0.15, -0.1) is 13.2 Å². The first kappa shape index (κ1) is 27.9. The van der Waals surface area contributed by atoms with Gasteiger partial charge in [-0.25, -0.2) is 18.2 Å². The Kier molecular flexibility index (Phi) is 7.70. The second-order valence-electron chi connectivity index (χ2n) is 10.9. The standard InChI is InChI=1S/C32H33F3N3OP/c1-6-8-20-9-7-10-22(30(20)35)19(2)29-17-37-32(38-29)24-15-21(11-12-26(24)33)39-31-25(18-40(3,4)5)23-13-14-36-28(23)16-27(31)34/h7,9-17,19,36H,3,6,8,18H2,1-2,4-5H3,(H,37,38). The van der Waals surface area contributed by atoms with Crippen molar-refractivity contribution in [3.05, 3.63) is 101 Å². The summed E-state index contributed by atoms with van der Waals surface area (Å²) in [5.41, 5.74) is 3.47. The third-order valence-corrected chi connectivity index (χ3v) is 8.19. The number of aryl methyl sites for hydroxylation is 1. The maximum atomic E-state index is 15.3. The van der Waals surface area contributed by atoms with E-state index >= 15 is 13.2 Å². The summed E-state index contributed by atoms with van der Waals surface area (Å²) in [6.07, 6.45) is 9.74. The maximum absolute atomic E-state index is 15.3. The molecule has 2 heterocycles. The number of aromatic nitrogens is 3. The molecule has 0 fully saturated rings. The number of benzene rings is 3. The van der Waals surface area contributed by atoms with Crippen LogP contribution in [0.25, 0.3) is 22.3 Å². The van der Waals surface area contributed by atoms with E-state index < -0.39 is 18.5 Å². The van der Waals surface area contributed by atoms with Crippen molar-refractivity contribution < 1.29 is 17.9 Å². The Labute approximate surface area is 232 Å². The van der Waals surface area contributed by atoms with Crippen LogP contribution in [-0.2, 0) is 12.6 Å². The van der Waals surface area contributed by atoms with Crippen molar-refractivity contribution in [3.8, 4) is 22.9 Å². The number of ether oxygens (including phenoxy) is 1. The van der Waals surface area contributed by atoms with Crippen LogP contribution in [0.3, 0.4) is 0 Å². The molecule has 4 nitrogen and oxygen atoms in total. The Morgan fingerprint density at radius 3 is 2.60 bits per heavy atom. The highest BCUT2D eigenvalue weighted by Crippen LogP contribution is 2.46. The highest BCUT2D eigenvalue weighted by Gasteiger charge is 2.22. The van der Waals surface area contributed by atoms with Gasteiger partial charge in [-0.1, -0.05) is 38.5 Å². The van der Waals surface area contributed by atoms with Crippen molar-refractivity contribution in [2.45, 2.75) is 38.8 Å². The first-order chi connectivity index (χ1) is 19.1. The zero-order valence-corrected chi connectivity index (χ0v) is 24.0. The van der Waals surface area contributed by atoms with Crippen molar-refractivity contribution in [2.24, 2.45) is 0 Å². The van der Waals surface area contributed by atoms with E-state index in [1.54, 1.807) is 24.5 Å². The van der Waals surface area contributed by atoms with Crippen molar-refractivity contribution >= 4 is 24.1 Å². The van der Waals surface area contributed by atoms with Gasteiger partial charge in [0, 0.05) is 46.5 Å². The van der Waals surface area contributed by atoms with Crippen LogP contribution in [0.15, 0.2) is 60.9 Å². The average Bonchev–Trinajstić information content (AvgIpc) is 3.57. The van der Waals surface area contributed by atoms with Gasteiger partial charge in [0.15, 0.2) is 11.6 Å². The van der Waals surface area contributed by atoms with Crippen LogP contribution in [0.4, 0.5) is 13.2 Å². The number of aromatic amines is 2. The minimum atomic E-state index is -1.59. The summed E-state index contributed by atoms with van der Waals surface area (Å²) in [5.74, 6) is -0.899. The number of hydrogen-bond donors (Lipinski definition) is 2. The molecule has 1 unspecified atom stereocenters. The molecule has 1 atom stereocenters. The van der Waals surface area contributed by atoms with Gasteiger partial charge >= 0.3 is 0 Å². The maximum Gasteiger partial charge on any atom is 0.168 e. The molecule has 2 N–H and O–H groups in total. The fourth-order valence-electron chi connectivity index (χ4n) is 5.04. The second-order valence-corrected chi connectivity index (χ2v) is 15.1. The van der Waals surface area contributed by atoms with Crippen LogP contribution in [0.2, 0.25) is 0 Å². The highest BCUT2D eigenvalue weighted by molar-refractivity contribution is 7.71. The molecule has 0 amide bonds. The largest absolute Gasteiger partial charge is 0.454 e. The number of halogens is 3. The highest BCUT2D eigenvalue weighted by atomic mass is 31.2. The predicted molar refractivity (Wildman–Crippen MR) is 160 cm³/mol. The molecular formula is C32H33F3N3OP. The molecule has 5 aromatic rings. The molecule has 0 bridgehead atoms. The topological polar surface area (TPSA) is 53.7 Å². The number of rotatable bonds is 9. The molecule has 5 rings (SSSR count). The number of nitrogens with one attached hydrogen (secondary N) is 2. The van der Waals surface area contributed by atoms with Gasteiger partial charge in [-0.05, 0) is 61.3 Å². The third-order valence-electron chi connectivity index (χ3n) is 7.02. The molecule has 0 saturated carbocycles. The van der Waals surface area contributed by atoms with Crippen LogP contribution < -0.4 is 4.74 Å². The molecule has 0 spiro atoms. The van der Waals surface area contributed by atoms with E-state index in [4.69, 9.17) is 4.74 Å². The van der Waals surface area contributed by atoms with Crippen molar-refractivity contribution in [3.63, 3.8) is 0 Å². The van der Waals surface area contributed by atoms with Gasteiger partial charge in [0.1, 0.15) is 23.2 Å². The summed E-state index contributed by atoms with van der Waals surface area (Å²) in [6, 6.07) is 13.0. The lowest BCUT2D eigenvalue weighted by Crippen LogP contribution is -2.03. The molecule has 40 heavy (non-hydrogen) atoms. The molecular weight excluding hydrogens is 530 g/mol. The Morgan fingerprint density at radius 1 is 1.05 bits per heavy atom. The smallest absolute Gasteiger partial charge is 0.168 e. The van der Waals surface area contributed by atoms with Crippen molar-refractivity contribution in [1.29, 1.82) is 0 Å². The molecule has 0 aliphatic carbocycles. The van der Waals surface area contributed by atoms with E-state index in [0.717, 1.165) is 17.4 Å². The fourth-order valence-corrected chi connectivity index (χ4v) is 6.21. The Hall–Kier alpha value is -3.70. The minimum Gasteiger partial charge on any atom is -0.454 e. The summed E-state index contributed by atoms with van der Waals surface area (Å²) < 4.78 is 51.6. The van der Waals surface area contributed by atoms with Crippen molar-refractivity contribution in [1.82, 2.24) is 15.0 Å². The lowest BCUT2D eigenvalue weighted by atomic mass is 9.94. The average molecular weight is 564 g/mol. The number of nitrogens with zero attached hydrogens (tertiary/aromatic N) is 1. The number of H-pyrrole nitrogens is 2. The van der Waals surface area contributed by atoms with Gasteiger partial charge in [0.2, 0.25) is 0 Å². The van der Waals surface area contributed by atoms with Crippen LogP contribution in [0, 0.1) is 17.5 Å². The van der Waals surface area contributed by atoms with Gasteiger partial charge in [0.25, 0.3) is 0 Å². The molecule has 0 saturated heterocycles. The zero-order valence-electron chi connectivity index (χ0n) is 23.1. The number of fused-ring (bicyclic) bond motifs is 1. The summed E-state index contributed by atoms with van der Waals surface area (Å²) in [6.45, 7) is 6.47. The molecule has 3 aromatic carbocycles. The Morgan fingerprint density at radius 2 is 1.85 bits per heavy atom. The SMILES string of the molecule is C=P(C)(C)Cc1c(Oc2ccc(F)c(-c3ncc(C(C)c4cccc(CCC)c4F)[nH]3)c2)c(F)cc2[nH]ccc12. The van der Waals surface area contributed by atoms with E-state index in [9.17, 15) is 0 Å². The van der Waals surface area contributed by atoms with E-state index in [-0.39, 0.29) is 34.6 Å². The lowest BCUT2D eigenvalue weighted by molar-refractivity contribution is 0.438. The van der Waals surface area contributed by atoms with E-state index in [0.29, 0.717) is 34.9 Å². The quantitative estimate of drug-likeness (QED) is 0.176. The molecule has 0 radical (unpaired) electrons. The predicted octanol–water partition coefficient (Wildman–Crippen LogP) is 9.08. The summed E-state index contributed by atoms with van der Waals surface area (Å²) in [5, 5.41) is 0.871. The minimum absolute atomic E-state index is 0.109. The molecule has 0 aliphatic heterocycles. The third kappa shape index (κ3) is 5.62. The summed E-state index contributed by atoms with van der Waals surface area (Å²) in [7, 11) is 0. The Balaban J connectivity index is 1.48. The molecule has 8 heteroatoms. The van der Waals surface area contributed by atoms with E-state index in [2.05, 4.69) is 34.6 Å². The van der Waals surface area contributed by atoms with Crippen molar-refractivity contribution in [2.75, 3.05) is 13.3 Å². The fraction of sp³-hybridized carbons (Fsp3) is 0.250.